The molecule has 0 aromatic carbocycles. The van der Waals surface area contributed by atoms with Crippen molar-refractivity contribution >= 4 is 81.2 Å². The van der Waals surface area contributed by atoms with E-state index in [0.717, 1.165) is 45.0 Å². The summed E-state index contributed by atoms with van der Waals surface area (Å²) in [7, 11) is 0. The molecule has 2 N–H and O–H groups in total. The van der Waals surface area contributed by atoms with Crippen LogP contribution in [0.25, 0.3) is 45.1 Å². The van der Waals surface area contributed by atoms with E-state index in [1.165, 1.54) is 12.4 Å². The van der Waals surface area contributed by atoms with Crippen molar-refractivity contribution in [3.63, 3.8) is 0 Å². The molecular formula is C46H58Cl2N16O8. The van der Waals surface area contributed by atoms with Gasteiger partial charge >= 0.3 is 12.2 Å². The maximum Gasteiger partial charge on any atom is 0.427 e. The second kappa shape index (κ2) is 21.5. The molecule has 0 aliphatic carbocycles. The van der Waals surface area contributed by atoms with Crippen LogP contribution in [0.5, 0.6) is 0 Å². The van der Waals surface area contributed by atoms with Crippen LogP contribution in [0.15, 0.2) is 24.8 Å². The third-order valence-electron chi connectivity index (χ3n) is 11.8. The Morgan fingerprint density at radius 3 is 1.39 bits per heavy atom. The maximum atomic E-state index is 13.0. The molecule has 384 valence electrons. The first kappa shape index (κ1) is 50.7. The summed E-state index contributed by atoms with van der Waals surface area (Å²) in [4.78, 5) is 76.3. The Morgan fingerprint density at radius 1 is 0.611 bits per heavy atom. The predicted octanol–water partition coefficient (Wildman–Crippen LogP) is 5.88. The highest BCUT2D eigenvalue weighted by Crippen LogP contribution is 2.34. The fourth-order valence-electron chi connectivity index (χ4n) is 8.32. The van der Waals surface area contributed by atoms with Crippen LogP contribution in [0.1, 0.15) is 54.4 Å². The number of imidazole rings is 2. The van der Waals surface area contributed by atoms with Gasteiger partial charge < -0.3 is 44.0 Å². The third-order valence-corrected chi connectivity index (χ3v) is 12.4. The Morgan fingerprint density at radius 2 is 1.01 bits per heavy atom. The number of morpholine rings is 2. The van der Waals surface area contributed by atoms with Gasteiger partial charge in [0.25, 0.3) is 0 Å². The fraction of sp³-hybridized carbons (Fsp3) is 0.565. The molecule has 6 aromatic heterocycles. The first-order chi connectivity index (χ1) is 34.5. The number of anilines is 4. The van der Waals surface area contributed by atoms with Crippen molar-refractivity contribution in [2.45, 2.75) is 78.7 Å². The Balaban J connectivity index is 0.000000191. The first-order valence-corrected chi connectivity index (χ1v) is 24.6. The summed E-state index contributed by atoms with van der Waals surface area (Å²) >= 11 is 13.2. The van der Waals surface area contributed by atoms with E-state index in [4.69, 9.17) is 77.3 Å². The number of nitrogens with zero attached hydrogens (tertiary/aromatic N) is 15. The van der Waals surface area contributed by atoms with Crippen LogP contribution >= 0.6 is 23.2 Å². The molecule has 0 radical (unpaired) electrons. The second-order valence-electron chi connectivity index (χ2n) is 19.6. The zero-order valence-electron chi connectivity index (χ0n) is 41.1. The minimum Gasteiger partial charge on any atom is -0.443 e. The summed E-state index contributed by atoms with van der Waals surface area (Å²) in [6.07, 6.45) is 6.14. The number of amides is 2. The normalized spacial score (nSPS) is 18.6. The number of fused-ring (bicyclic) bond motifs is 2. The Hall–Kier alpha value is -6.18. The molecule has 4 fully saturated rings. The SMILES string of the molecule is CC(C)(C)OC(=O)N(C(=O)OC(C)(C)C)c1ncc(-c2nc(N3CCOCC3)c3nc(Cl)n(CC4CCOC4)c3n2)cn1.Nc1ncc(-c2nc(N3CCOCC3)c3nc(Cl)n(CC4CCOC4)c3n2)cn1. The smallest absolute Gasteiger partial charge is 0.427 e. The molecule has 4 saturated heterocycles. The molecule has 26 heteroatoms. The zero-order valence-corrected chi connectivity index (χ0v) is 42.6. The van der Waals surface area contributed by atoms with Crippen LogP contribution in [0.2, 0.25) is 10.6 Å². The van der Waals surface area contributed by atoms with Crippen molar-refractivity contribution in [2.24, 2.45) is 11.8 Å². The van der Waals surface area contributed by atoms with Crippen molar-refractivity contribution < 1.29 is 38.0 Å². The van der Waals surface area contributed by atoms with E-state index in [0.29, 0.717) is 138 Å². The van der Waals surface area contributed by atoms with Gasteiger partial charge in [0.1, 0.15) is 11.2 Å². The number of nitrogens with two attached hydrogens (primary N) is 1. The van der Waals surface area contributed by atoms with Crippen molar-refractivity contribution in [3.8, 4) is 22.8 Å². The Bertz CT molecular complexity index is 2840. The number of rotatable bonds is 9. The predicted molar refractivity (Wildman–Crippen MR) is 266 cm³/mol. The molecule has 10 rings (SSSR count). The molecule has 2 unspecified atom stereocenters. The number of hydrogen-bond acceptors (Lipinski definition) is 21. The number of carbonyl (C=O) groups excluding carboxylic acids is 2. The lowest BCUT2D eigenvalue weighted by atomic mass is 10.1. The number of halogens is 2. The summed E-state index contributed by atoms with van der Waals surface area (Å²) in [5.74, 6) is 2.88. The quantitative estimate of drug-likeness (QED) is 0.166. The highest BCUT2D eigenvalue weighted by molar-refractivity contribution is 6.29. The van der Waals surface area contributed by atoms with E-state index in [1.807, 2.05) is 9.13 Å². The average molecular weight is 1030 g/mol. The topological polar surface area (TPSA) is 264 Å². The monoisotopic (exact) mass is 1030 g/mol. The van der Waals surface area contributed by atoms with Gasteiger partial charge in [-0.05, 0) is 77.6 Å². The molecule has 6 aromatic rings. The molecule has 2 amide bonds. The summed E-state index contributed by atoms with van der Waals surface area (Å²) in [6.45, 7) is 19.4. The highest BCUT2D eigenvalue weighted by atomic mass is 35.5. The van der Waals surface area contributed by atoms with Gasteiger partial charge in [0, 0.05) is 89.1 Å². The van der Waals surface area contributed by atoms with E-state index >= 15 is 0 Å². The fourth-order valence-corrected chi connectivity index (χ4v) is 8.79. The van der Waals surface area contributed by atoms with Gasteiger partial charge in [0.05, 0.1) is 50.8 Å². The summed E-state index contributed by atoms with van der Waals surface area (Å²) in [5.41, 5.74) is 7.60. The van der Waals surface area contributed by atoms with Gasteiger partial charge in [-0.1, -0.05) is 0 Å². The Labute approximate surface area is 424 Å². The number of hydrogen-bond donors (Lipinski definition) is 1. The van der Waals surface area contributed by atoms with Gasteiger partial charge in [-0.3, -0.25) is 9.13 Å². The van der Waals surface area contributed by atoms with E-state index in [-0.39, 0.29) is 17.8 Å². The average Bonchev–Trinajstić information content (AvgIpc) is 4.18. The largest absolute Gasteiger partial charge is 0.443 e. The van der Waals surface area contributed by atoms with E-state index in [9.17, 15) is 9.59 Å². The van der Waals surface area contributed by atoms with Gasteiger partial charge in [-0.2, -0.15) is 0 Å². The van der Waals surface area contributed by atoms with Crippen LogP contribution in [-0.4, -0.2) is 161 Å². The third kappa shape index (κ3) is 11.8. The Kier molecular flexibility index (Phi) is 15.2. The maximum absolute atomic E-state index is 13.0. The standard InChI is InChI=1S/C28H37ClN8O6.C18H21ClN8O2/c1-27(2,3)42-25(38)37(26(39)43-28(4,5)6)24-30-13-18(14-31-24)20-33-21(35-8-11-40-12-9-35)19-22(34-20)36(23(29)32-19)15-17-7-10-41-16-17;19-17-23-13-15(26-2-5-28-6-3-26)24-14(12-7-21-18(20)22-8-12)25-16(13)27(17)9-11-1-4-29-10-11/h13-14,17H,7-12,15-16H2,1-6H3;7-8,11H,1-6,9-10H2,(H2,20,21,22). The molecule has 0 saturated carbocycles. The molecule has 0 bridgehead atoms. The number of imide groups is 1. The van der Waals surface area contributed by atoms with Crippen molar-refractivity contribution in [1.82, 2.24) is 59.0 Å². The molecule has 24 nitrogen and oxygen atoms in total. The zero-order chi connectivity index (χ0) is 50.7. The van der Waals surface area contributed by atoms with Crippen LogP contribution in [0, 0.1) is 11.8 Å². The lowest BCUT2D eigenvalue weighted by molar-refractivity contribution is 0.0427. The molecular weight excluding hydrogens is 976 g/mol. The number of aromatic nitrogens is 12. The van der Waals surface area contributed by atoms with E-state index in [2.05, 4.69) is 39.7 Å². The molecule has 2 atom stereocenters. The molecule has 4 aliphatic rings. The lowest BCUT2D eigenvalue weighted by Crippen LogP contribution is -2.44. The van der Waals surface area contributed by atoms with Crippen LogP contribution < -0.4 is 20.4 Å². The molecule has 4 aliphatic heterocycles. The number of ether oxygens (including phenoxy) is 6. The molecule has 10 heterocycles. The number of nitrogen functional groups attached to an aromatic ring is 1. The van der Waals surface area contributed by atoms with Gasteiger partial charge in [0.2, 0.25) is 22.5 Å². The van der Waals surface area contributed by atoms with E-state index < -0.39 is 23.4 Å². The first-order valence-electron chi connectivity index (χ1n) is 23.8. The van der Waals surface area contributed by atoms with Crippen molar-refractivity contribution in [2.75, 3.05) is 99.5 Å². The van der Waals surface area contributed by atoms with Gasteiger partial charge in [-0.15, -0.1) is 4.90 Å². The van der Waals surface area contributed by atoms with Crippen LogP contribution in [-0.2, 0) is 41.5 Å². The van der Waals surface area contributed by atoms with Gasteiger partial charge in [-0.25, -0.2) is 59.4 Å². The highest BCUT2D eigenvalue weighted by Gasteiger charge is 2.35. The minimum absolute atomic E-state index is 0.206. The molecule has 0 spiro atoms. The summed E-state index contributed by atoms with van der Waals surface area (Å²) < 4.78 is 36.8. The summed E-state index contributed by atoms with van der Waals surface area (Å²) in [5, 5.41) is 0.723. The second-order valence-corrected chi connectivity index (χ2v) is 20.3. The number of carbonyl (C=O) groups is 2. The van der Waals surface area contributed by atoms with Crippen LogP contribution in [0.3, 0.4) is 0 Å². The van der Waals surface area contributed by atoms with Crippen LogP contribution in [0.4, 0.5) is 33.1 Å². The van der Waals surface area contributed by atoms with Crippen molar-refractivity contribution in [1.29, 1.82) is 0 Å². The van der Waals surface area contributed by atoms with Crippen molar-refractivity contribution in [3.05, 3.63) is 35.4 Å². The lowest BCUT2D eigenvalue weighted by Gasteiger charge is -2.28. The summed E-state index contributed by atoms with van der Waals surface area (Å²) in [6, 6.07) is 0. The minimum atomic E-state index is -0.962. The van der Waals surface area contributed by atoms with E-state index in [1.54, 1.807) is 53.9 Å². The van der Waals surface area contributed by atoms with Gasteiger partial charge in [0.15, 0.2) is 45.6 Å². The molecule has 72 heavy (non-hydrogen) atoms.